The quantitative estimate of drug-likeness (QED) is 0.591. The predicted octanol–water partition coefficient (Wildman–Crippen LogP) is -0.465. The second-order valence-electron chi connectivity index (χ2n) is 3.26. The number of rotatable bonds is 2. The van der Waals surface area contributed by atoms with Gasteiger partial charge in [-0.3, -0.25) is 10.2 Å². The number of aliphatic hydroxyl groups is 1. The van der Waals surface area contributed by atoms with E-state index in [-0.39, 0.29) is 24.5 Å². The van der Waals surface area contributed by atoms with Crippen LogP contribution in [0.25, 0.3) is 0 Å². The van der Waals surface area contributed by atoms with Gasteiger partial charge in [-0.2, -0.15) is 0 Å². The molecule has 2 N–H and O–H groups in total. The van der Waals surface area contributed by atoms with Gasteiger partial charge in [0.15, 0.2) is 0 Å². The first-order valence-corrected chi connectivity index (χ1v) is 4.27. The van der Waals surface area contributed by atoms with Gasteiger partial charge < -0.3 is 5.11 Å². The summed E-state index contributed by atoms with van der Waals surface area (Å²) < 4.78 is 0. The van der Waals surface area contributed by atoms with Crippen LogP contribution in [0.3, 0.4) is 0 Å². The number of hydrogen-bond acceptors (Lipinski definition) is 4. The minimum Gasteiger partial charge on any atom is -0.395 e. The van der Waals surface area contributed by atoms with Crippen molar-refractivity contribution in [3.05, 3.63) is 0 Å². The number of carbonyl (C=O) groups excluding carboxylic acids is 1. The van der Waals surface area contributed by atoms with Crippen LogP contribution in [0, 0.1) is 0 Å². The summed E-state index contributed by atoms with van der Waals surface area (Å²) in [5, 5.41) is 10.9. The molecule has 1 heterocycles. The van der Waals surface area contributed by atoms with E-state index < -0.39 is 0 Å². The number of nitrogens with zero attached hydrogens (tertiary/aromatic N) is 1. The predicted molar refractivity (Wildman–Crippen MR) is 45.5 cm³/mol. The molecule has 0 radical (unpaired) electrons. The summed E-state index contributed by atoms with van der Waals surface area (Å²) in [4.78, 5) is 11.1. The molecule has 1 saturated heterocycles. The van der Waals surface area contributed by atoms with E-state index in [2.05, 4.69) is 5.43 Å². The van der Waals surface area contributed by atoms with Crippen LogP contribution >= 0.6 is 0 Å². The fourth-order valence-corrected chi connectivity index (χ4v) is 1.79. The van der Waals surface area contributed by atoms with Crippen molar-refractivity contribution in [2.24, 2.45) is 0 Å². The zero-order valence-corrected chi connectivity index (χ0v) is 7.58. The molecule has 12 heavy (non-hydrogen) atoms. The number of hydrazine groups is 1. The highest BCUT2D eigenvalue weighted by molar-refractivity contribution is 5.80. The maximum atomic E-state index is 11.1. The average molecular weight is 172 g/mol. The van der Waals surface area contributed by atoms with Crippen molar-refractivity contribution < 1.29 is 9.90 Å². The molecule has 70 valence electrons. The molecule has 2 unspecified atom stereocenters. The minimum atomic E-state index is -0.0498. The fraction of sp³-hybridized carbons (Fsp3) is 0.875. The lowest BCUT2D eigenvalue weighted by Gasteiger charge is -2.38. The molecule has 0 aliphatic carbocycles. The topological polar surface area (TPSA) is 52.6 Å². The van der Waals surface area contributed by atoms with Crippen LogP contribution in [0.15, 0.2) is 0 Å². The van der Waals surface area contributed by atoms with E-state index in [1.807, 2.05) is 19.0 Å². The van der Waals surface area contributed by atoms with Crippen LogP contribution in [0.1, 0.15) is 19.8 Å². The highest BCUT2D eigenvalue weighted by atomic mass is 16.3. The number of nitrogens with one attached hydrogen (secondary N) is 1. The molecule has 0 amide bonds. The summed E-state index contributed by atoms with van der Waals surface area (Å²) in [6.07, 6.45) is 1.04. The van der Waals surface area contributed by atoms with Crippen LogP contribution < -0.4 is 5.43 Å². The summed E-state index contributed by atoms with van der Waals surface area (Å²) in [7, 11) is 1.81. The maximum absolute atomic E-state index is 11.1. The Bertz CT molecular complexity index is 172. The van der Waals surface area contributed by atoms with Crippen molar-refractivity contribution in [3.8, 4) is 0 Å². The Morgan fingerprint density at radius 2 is 2.33 bits per heavy atom. The van der Waals surface area contributed by atoms with E-state index in [0.29, 0.717) is 12.8 Å². The van der Waals surface area contributed by atoms with Crippen LogP contribution in [-0.2, 0) is 4.79 Å². The van der Waals surface area contributed by atoms with Gasteiger partial charge >= 0.3 is 0 Å². The number of hydrogen-bond donors (Lipinski definition) is 2. The number of aliphatic hydroxyl groups excluding tert-OH is 1. The fourth-order valence-electron chi connectivity index (χ4n) is 1.79. The average Bonchev–Trinajstić information content (AvgIpc) is 2.03. The van der Waals surface area contributed by atoms with E-state index in [4.69, 9.17) is 5.11 Å². The smallest absolute Gasteiger partial charge is 0.136 e. The summed E-state index contributed by atoms with van der Waals surface area (Å²) in [6, 6.07) is 0.139. The maximum Gasteiger partial charge on any atom is 0.136 e. The largest absolute Gasteiger partial charge is 0.395 e. The Labute approximate surface area is 72.5 Å². The van der Waals surface area contributed by atoms with E-state index in [1.54, 1.807) is 0 Å². The third-order valence-electron chi connectivity index (χ3n) is 2.32. The van der Waals surface area contributed by atoms with Gasteiger partial charge in [0.2, 0.25) is 0 Å². The number of Topliss-reactive ketones (excluding diaryl/α,β-unsaturated/α-hetero) is 1. The Morgan fingerprint density at radius 1 is 1.67 bits per heavy atom. The SMILES string of the molecule is CNN1C(C)CC(=O)CC1CO. The lowest BCUT2D eigenvalue weighted by atomic mass is 9.98. The first-order valence-electron chi connectivity index (χ1n) is 4.27. The molecule has 0 aromatic heterocycles. The molecular weight excluding hydrogens is 156 g/mol. The Hall–Kier alpha value is -0.450. The summed E-state index contributed by atoms with van der Waals surface area (Å²) >= 11 is 0. The Kier molecular flexibility index (Phi) is 3.20. The molecule has 1 aliphatic rings. The normalized spacial score (nSPS) is 32.4. The zero-order chi connectivity index (χ0) is 9.14. The van der Waals surface area contributed by atoms with Gasteiger partial charge in [0, 0.05) is 18.9 Å². The van der Waals surface area contributed by atoms with E-state index in [9.17, 15) is 4.79 Å². The molecule has 0 aromatic rings. The van der Waals surface area contributed by atoms with Gasteiger partial charge in [0.1, 0.15) is 5.78 Å². The summed E-state index contributed by atoms with van der Waals surface area (Å²) in [5.41, 5.74) is 3.00. The van der Waals surface area contributed by atoms with Crippen LogP contribution in [0.5, 0.6) is 0 Å². The third-order valence-corrected chi connectivity index (χ3v) is 2.32. The lowest BCUT2D eigenvalue weighted by Crippen LogP contribution is -2.55. The highest BCUT2D eigenvalue weighted by Crippen LogP contribution is 2.17. The molecule has 0 aromatic carbocycles. The van der Waals surface area contributed by atoms with Gasteiger partial charge in [0.25, 0.3) is 0 Å². The standard InChI is InChI=1S/C8H16N2O2/c1-6-3-8(12)4-7(5-11)10(6)9-2/h6-7,9,11H,3-5H2,1-2H3. The highest BCUT2D eigenvalue weighted by Gasteiger charge is 2.30. The third kappa shape index (κ3) is 1.83. The molecule has 0 spiro atoms. The van der Waals surface area contributed by atoms with Gasteiger partial charge in [0.05, 0.1) is 12.6 Å². The van der Waals surface area contributed by atoms with Gasteiger partial charge in [-0.05, 0) is 14.0 Å². The van der Waals surface area contributed by atoms with Crippen LogP contribution in [0.4, 0.5) is 0 Å². The Morgan fingerprint density at radius 3 is 2.83 bits per heavy atom. The van der Waals surface area contributed by atoms with Crippen LogP contribution in [-0.4, -0.2) is 41.6 Å². The van der Waals surface area contributed by atoms with Crippen LogP contribution in [0.2, 0.25) is 0 Å². The van der Waals surface area contributed by atoms with Crippen molar-refractivity contribution in [1.82, 2.24) is 10.4 Å². The zero-order valence-electron chi connectivity index (χ0n) is 7.58. The number of ketones is 1. The molecular formula is C8H16N2O2. The second-order valence-corrected chi connectivity index (χ2v) is 3.26. The lowest BCUT2D eigenvalue weighted by molar-refractivity contribution is -0.127. The van der Waals surface area contributed by atoms with Crippen molar-refractivity contribution in [2.45, 2.75) is 31.8 Å². The number of piperidine rings is 1. The van der Waals surface area contributed by atoms with Crippen molar-refractivity contribution >= 4 is 5.78 Å². The second kappa shape index (κ2) is 3.98. The van der Waals surface area contributed by atoms with Gasteiger partial charge in [-0.1, -0.05) is 0 Å². The van der Waals surface area contributed by atoms with Crippen molar-refractivity contribution in [1.29, 1.82) is 0 Å². The minimum absolute atomic E-state index is 0.0386. The molecule has 4 nitrogen and oxygen atoms in total. The molecule has 1 fully saturated rings. The molecule has 0 bridgehead atoms. The molecule has 2 atom stereocenters. The molecule has 0 saturated carbocycles. The van der Waals surface area contributed by atoms with E-state index >= 15 is 0 Å². The summed E-state index contributed by atoms with van der Waals surface area (Å²) in [5.74, 6) is 0.244. The molecule has 1 rings (SSSR count). The monoisotopic (exact) mass is 172 g/mol. The van der Waals surface area contributed by atoms with Gasteiger partial charge in [-0.15, -0.1) is 0 Å². The van der Waals surface area contributed by atoms with E-state index in [1.165, 1.54) is 0 Å². The first kappa shape index (κ1) is 9.64. The van der Waals surface area contributed by atoms with E-state index in [0.717, 1.165) is 0 Å². The Balaban J connectivity index is 2.62. The van der Waals surface area contributed by atoms with Crippen molar-refractivity contribution in [2.75, 3.05) is 13.7 Å². The number of carbonyl (C=O) groups is 1. The molecule has 4 heteroatoms. The summed E-state index contributed by atoms with van der Waals surface area (Å²) in [6.45, 7) is 2.02. The molecule has 1 aliphatic heterocycles. The van der Waals surface area contributed by atoms with Crippen molar-refractivity contribution in [3.63, 3.8) is 0 Å². The first-order chi connectivity index (χ1) is 5.69. The van der Waals surface area contributed by atoms with Gasteiger partial charge in [-0.25, -0.2) is 5.01 Å².